The average molecular weight is 418 g/mol. The molecule has 0 saturated heterocycles. The van der Waals surface area contributed by atoms with E-state index in [1.54, 1.807) is 6.21 Å². The minimum absolute atomic E-state index is 0.263. The molecule has 0 spiro atoms. The van der Waals surface area contributed by atoms with Crippen molar-refractivity contribution in [3.05, 3.63) is 113 Å². The van der Waals surface area contributed by atoms with Crippen molar-refractivity contribution in [1.82, 2.24) is 0 Å². The van der Waals surface area contributed by atoms with Crippen molar-refractivity contribution in [3.63, 3.8) is 0 Å². The summed E-state index contributed by atoms with van der Waals surface area (Å²) in [7, 11) is 0. The molecular formula is C26H27NO4. The number of rotatable bonds is 10. The number of hydrogen-bond donors (Lipinski definition) is 0. The largest absolute Gasteiger partial charge is 0.624 e. The van der Waals surface area contributed by atoms with Crippen LogP contribution < -0.4 is 0 Å². The molecule has 1 aliphatic heterocycles. The fourth-order valence-electron chi connectivity index (χ4n) is 3.62. The summed E-state index contributed by atoms with van der Waals surface area (Å²) in [5, 5.41) is 12.7. The minimum atomic E-state index is -0.465. The molecule has 5 heteroatoms. The van der Waals surface area contributed by atoms with Crippen molar-refractivity contribution in [2.24, 2.45) is 0 Å². The van der Waals surface area contributed by atoms with Gasteiger partial charge in [-0.15, -0.1) is 0 Å². The van der Waals surface area contributed by atoms with E-state index < -0.39 is 18.2 Å². The Hall–Kier alpha value is -2.99. The van der Waals surface area contributed by atoms with E-state index in [4.69, 9.17) is 14.2 Å². The highest BCUT2D eigenvalue weighted by atomic mass is 16.6. The van der Waals surface area contributed by atoms with Gasteiger partial charge >= 0.3 is 0 Å². The summed E-state index contributed by atoms with van der Waals surface area (Å²) >= 11 is 0. The van der Waals surface area contributed by atoms with Crippen molar-refractivity contribution >= 4 is 6.21 Å². The fourth-order valence-corrected chi connectivity index (χ4v) is 3.62. The molecule has 160 valence electrons. The van der Waals surface area contributed by atoms with E-state index in [9.17, 15) is 5.21 Å². The van der Waals surface area contributed by atoms with Crippen LogP contribution in [0.3, 0.4) is 0 Å². The highest BCUT2D eigenvalue weighted by molar-refractivity contribution is 5.61. The normalized spacial score (nSPS) is 20.5. The molecule has 0 aliphatic carbocycles. The van der Waals surface area contributed by atoms with Gasteiger partial charge in [0.05, 0.1) is 19.8 Å². The summed E-state index contributed by atoms with van der Waals surface area (Å²) in [6.07, 6.45) is 0.707. The van der Waals surface area contributed by atoms with Gasteiger partial charge in [-0.25, -0.2) is 4.74 Å². The first-order valence-electron chi connectivity index (χ1n) is 10.5. The van der Waals surface area contributed by atoms with Crippen LogP contribution in [0.1, 0.15) is 16.7 Å². The molecule has 0 aromatic heterocycles. The van der Waals surface area contributed by atoms with Crippen LogP contribution in [0.2, 0.25) is 0 Å². The van der Waals surface area contributed by atoms with E-state index in [2.05, 4.69) is 0 Å². The molecule has 1 heterocycles. The Morgan fingerprint density at radius 2 is 1.13 bits per heavy atom. The quantitative estimate of drug-likeness (QED) is 0.364. The van der Waals surface area contributed by atoms with E-state index in [1.807, 2.05) is 91.0 Å². The zero-order chi connectivity index (χ0) is 21.3. The van der Waals surface area contributed by atoms with Gasteiger partial charge in [-0.1, -0.05) is 91.0 Å². The van der Waals surface area contributed by atoms with Crippen LogP contribution >= 0.6 is 0 Å². The number of ether oxygens (including phenoxy) is 3. The molecule has 0 bridgehead atoms. The van der Waals surface area contributed by atoms with Crippen LogP contribution in [0.25, 0.3) is 0 Å². The minimum Gasteiger partial charge on any atom is -0.624 e. The summed E-state index contributed by atoms with van der Waals surface area (Å²) in [6.45, 7) is 1.54. The second kappa shape index (κ2) is 10.9. The van der Waals surface area contributed by atoms with Gasteiger partial charge < -0.3 is 19.4 Å². The van der Waals surface area contributed by atoms with E-state index in [0.29, 0.717) is 19.8 Å². The van der Waals surface area contributed by atoms with Gasteiger partial charge in [-0.05, 0) is 16.7 Å². The predicted octanol–water partition coefficient (Wildman–Crippen LogP) is 4.34. The van der Waals surface area contributed by atoms with Crippen LogP contribution in [0.15, 0.2) is 91.0 Å². The SMILES string of the molecule is [O-][N+]1=C[C@@H](OCc2ccccc2)[C@H](OCc2ccccc2)[C@@H]1COCc1ccccc1. The molecule has 3 atom stereocenters. The van der Waals surface area contributed by atoms with Crippen molar-refractivity contribution in [3.8, 4) is 0 Å². The van der Waals surface area contributed by atoms with Crippen molar-refractivity contribution < 1.29 is 18.9 Å². The summed E-state index contributed by atoms with van der Waals surface area (Å²) in [5.74, 6) is 0. The van der Waals surface area contributed by atoms with E-state index in [0.717, 1.165) is 21.4 Å². The van der Waals surface area contributed by atoms with Crippen LogP contribution in [0.4, 0.5) is 0 Å². The molecular weight excluding hydrogens is 390 g/mol. The van der Waals surface area contributed by atoms with Crippen LogP contribution in [0.5, 0.6) is 0 Å². The molecule has 0 radical (unpaired) electrons. The fraction of sp³-hybridized carbons (Fsp3) is 0.269. The summed E-state index contributed by atoms with van der Waals surface area (Å²) < 4.78 is 19.1. The van der Waals surface area contributed by atoms with Gasteiger partial charge in [0, 0.05) is 0 Å². The lowest BCUT2D eigenvalue weighted by Gasteiger charge is -2.23. The zero-order valence-electron chi connectivity index (χ0n) is 17.4. The van der Waals surface area contributed by atoms with Crippen molar-refractivity contribution in [1.29, 1.82) is 0 Å². The molecule has 0 saturated carbocycles. The third kappa shape index (κ3) is 6.01. The van der Waals surface area contributed by atoms with Gasteiger partial charge in [-0.2, -0.15) is 0 Å². The molecule has 1 aliphatic rings. The highest BCUT2D eigenvalue weighted by Gasteiger charge is 2.43. The van der Waals surface area contributed by atoms with Gasteiger partial charge in [-0.3, -0.25) is 0 Å². The van der Waals surface area contributed by atoms with Crippen LogP contribution in [-0.2, 0) is 34.0 Å². The second-order valence-electron chi connectivity index (χ2n) is 7.60. The number of benzene rings is 3. The van der Waals surface area contributed by atoms with Gasteiger partial charge in [0.25, 0.3) is 0 Å². The van der Waals surface area contributed by atoms with Gasteiger partial charge in [0.2, 0.25) is 6.04 Å². The zero-order valence-corrected chi connectivity index (χ0v) is 17.4. The second-order valence-corrected chi connectivity index (χ2v) is 7.60. The summed E-state index contributed by atoms with van der Waals surface area (Å²) in [6, 6.07) is 29.3. The maximum Gasteiger partial charge on any atom is 0.215 e. The van der Waals surface area contributed by atoms with Crippen LogP contribution in [-0.4, -0.2) is 35.8 Å². The van der Waals surface area contributed by atoms with Crippen LogP contribution in [0, 0.1) is 5.21 Å². The Morgan fingerprint density at radius 3 is 1.68 bits per heavy atom. The molecule has 0 fully saturated rings. The first-order chi connectivity index (χ1) is 15.3. The molecule has 3 aromatic rings. The molecule has 0 amide bonds. The number of nitrogens with zero attached hydrogens (tertiary/aromatic N) is 1. The molecule has 0 unspecified atom stereocenters. The Balaban J connectivity index is 1.40. The topological polar surface area (TPSA) is 53.8 Å². The van der Waals surface area contributed by atoms with Gasteiger partial charge in [0.15, 0.2) is 18.4 Å². The monoisotopic (exact) mass is 417 g/mol. The van der Waals surface area contributed by atoms with Crippen molar-refractivity contribution in [2.75, 3.05) is 6.61 Å². The maximum atomic E-state index is 12.7. The smallest absolute Gasteiger partial charge is 0.215 e. The summed E-state index contributed by atoms with van der Waals surface area (Å²) in [5.41, 5.74) is 3.18. The average Bonchev–Trinajstić information content (AvgIpc) is 3.12. The Labute approximate surface area is 183 Å². The van der Waals surface area contributed by atoms with E-state index in [1.165, 1.54) is 0 Å². The number of hydrogen-bond acceptors (Lipinski definition) is 4. The van der Waals surface area contributed by atoms with Gasteiger partial charge in [0.1, 0.15) is 6.61 Å². The lowest BCUT2D eigenvalue weighted by Crippen LogP contribution is -2.41. The third-order valence-electron chi connectivity index (χ3n) is 5.29. The summed E-state index contributed by atoms with van der Waals surface area (Å²) in [4.78, 5) is 0. The standard InChI is InChI=1S/C26H27NO4/c28-27-16-25(30-18-22-12-6-2-7-13-22)26(31-19-23-14-8-3-9-15-23)24(27)20-29-17-21-10-4-1-5-11-21/h1-16,24-26H,17-20H2/t24-,25+,26+/m0/s1. The van der Waals surface area contributed by atoms with Crippen molar-refractivity contribution in [2.45, 2.75) is 38.1 Å². The Kier molecular flexibility index (Phi) is 7.45. The predicted molar refractivity (Wildman–Crippen MR) is 120 cm³/mol. The van der Waals surface area contributed by atoms with E-state index >= 15 is 0 Å². The first kappa shape index (κ1) is 21.2. The maximum absolute atomic E-state index is 12.7. The Morgan fingerprint density at radius 1 is 0.645 bits per heavy atom. The Bertz CT molecular complexity index is 947. The molecule has 0 N–H and O–H groups in total. The third-order valence-corrected chi connectivity index (χ3v) is 5.29. The lowest BCUT2D eigenvalue weighted by atomic mass is 10.1. The molecule has 31 heavy (non-hydrogen) atoms. The molecule has 4 rings (SSSR count). The molecule has 5 nitrogen and oxygen atoms in total. The number of hydroxylamine groups is 1. The lowest BCUT2D eigenvalue weighted by molar-refractivity contribution is -0.504. The first-order valence-corrected chi connectivity index (χ1v) is 10.5. The van der Waals surface area contributed by atoms with E-state index in [-0.39, 0.29) is 6.61 Å². The molecule has 3 aromatic carbocycles. The highest BCUT2D eigenvalue weighted by Crippen LogP contribution is 2.21.